The summed E-state index contributed by atoms with van der Waals surface area (Å²) in [5.74, 6) is 0.476. The van der Waals surface area contributed by atoms with E-state index < -0.39 is 4.92 Å². The summed E-state index contributed by atoms with van der Waals surface area (Å²) in [5, 5.41) is 14.9. The van der Waals surface area contributed by atoms with Crippen molar-refractivity contribution in [1.82, 2.24) is 4.90 Å². The summed E-state index contributed by atoms with van der Waals surface area (Å²) in [5.41, 5.74) is 0.346. The third kappa shape index (κ3) is 5.69. The molecule has 0 spiro atoms. The van der Waals surface area contributed by atoms with Crippen molar-refractivity contribution in [2.45, 2.75) is 26.3 Å². The Morgan fingerprint density at radius 2 is 1.86 bits per heavy atom. The normalized spacial score (nSPS) is 12.8. The predicted octanol–water partition coefficient (Wildman–Crippen LogP) is 4.29. The zero-order valence-electron chi connectivity index (χ0n) is 12.7. The van der Waals surface area contributed by atoms with E-state index >= 15 is 0 Å². The second-order valence-electron chi connectivity index (χ2n) is 5.77. The van der Waals surface area contributed by atoms with Crippen LogP contribution < -0.4 is 5.32 Å². The number of benzene rings is 1. The van der Waals surface area contributed by atoms with E-state index in [0.29, 0.717) is 16.6 Å². The SMILES string of the molecule is CC(C)CC(CN(C)C)Nc1cc(Cl)c(Cl)cc1[N+](=O)[O-]. The van der Waals surface area contributed by atoms with Gasteiger partial charge in [-0.3, -0.25) is 10.1 Å². The maximum atomic E-state index is 11.2. The van der Waals surface area contributed by atoms with Crippen molar-refractivity contribution in [1.29, 1.82) is 0 Å². The Morgan fingerprint density at radius 1 is 1.29 bits per heavy atom. The van der Waals surface area contributed by atoms with Crippen LogP contribution in [0.5, 0.6) is 0 Å². The van der Waals surface area contributed by atoms with E-state index in [4.69, 9.17) is 23.2 Å². The molecule has 1 atom stereocenters. The highest BCUT2D eigenvalue weighted by Gasteiger charge is 2.20. The van der Waals surface area contributed by atoms with Crippen molar-refractivity contribution in [3.05, 3.63) is 32.3 Å². The number of halogens is 2. The molecule has 1 rings (SSSR count). The van der Waals surface area contributed by atoms with E-state index in [1.807, 2.05) is 19.0 Å². The van der Waals surface area contributed by atoms with Crippen LogP contribution in [-0.2, 0) is 0 Å². The number of likely N-dealkylation sites (N-methyl/N-ethyl adjacent to an activating group) is 1. The molecule has 0 heterocycles. The zero-order chi connectivity index (χ0) is 16.2. The van der Waals surface area contributed by atoms with Gasteiger partial charge >= 0.3 is 0 Å². The molecule has 0 aliphatic rings. The Labute approximate surface area is 135 Å². The summed E-state index contributed by atoms with van der Waals surface area (Å²) in [6.45, 7) is 5.01. The lowest BCUT2D eigenvalue weighted by atomic mass is 10.0. The number of anilines is 1. The average Bonchev–Trinajstić information content (AvgIpc) is 2.31. The first-order chi connectivity index (χ1) is 9.70. The third-order valence-corrected chi connectivity index (χ3v) is 3.66. The molecule has 0 bridgehead atoms. The van der Waals surface area contributed by atoms with Gasteiger partial charge in [0.25, 0.3) is 5.69 Å². The van der Waals surface area contributed by atoms with E-state index in [0.717, 1.165) is 13.0 Å². The van der Waals surface area contributed by atoms with Gasteiger partial charge in [0.15, 0.2) is 0 Å². The number of nitro groups is 1. The van der Waals surface area contributed by atoms with Crippen molar-refractivity contribution < 1.29 is 4.92 Å². The lowest BCUT2D eigenvalue weighted by Crippen LogP contribution is -2.33. The monoisotopic (exact) mass is 333 g/mol. The fraction of sp³-hybridized carbons (Fsp3) is 0.571. The molecule has 0 aliphatic carbocycles. The molecule has 0 amide bonds. The smallest absolute Gasteiger partial charge is 0.293 e. The second-order valence-corrected chi connectivity index (χ2v) is 6.59. The molecular formula is C14H21Cl2N3O2. The van der Waals surface area contributed by atoms with Gasteiger partial charge in [0.1, 0.15) is 5.69 Å². The molecule has 0 saturated carbocycles. The zero-order valence-corrected chi connectivity index (χ0v) is 14.2. The first-order valence-corrected chi connectivity index (χ1v) is 7.51. The van der Waals surface area contributed by atoms with Gasteiger partial charge < -0.3 is 10.2 Å². The Bertz CT molecular complexity index is 497. The summed E-state index contributed by atoms with van der Waals surface area (Å²) in [6.07, 6.45) is 0.898. The summed E-state index contributed by atoms with van der Waals surface area (Å²) >= 11 is 11.8. The summed E-state index contributed by atoms with van der Waals surface area (Å²) in [4.78, 5) is 12.8. The lowest BCUT2D eigenvalue weighted by molar-refractivity contribution is -0.384. The van der Waals surface area contributed by atoms with Crippen LogP contribution in [0, 0.1) is 16.0 Å². The summed E-state index contributed by atoms with van der Waals surface area (Å²) in [6, 6.07) is 2.90. The maximum absolute atomic E-state index is 11.2. The molecule has 118 valence electrons. The lowest BCUT2D eigenvalue weighted by Gasteiger charge is -2.25. The second kappa shape index (κ2) is 7.82. The van der Waals surface area contributed by atoms with E-state index in [2.05, 4.69) is 19.2 Å². The first kappa shape index (κ1) is 18.0. The summed E-state index contributed by atoms with van der Waals surface area (Å²) < 4.78 is 0. The van der Waals surface area contributed by atoms with Crippen molar-refractivity contribution in [3.8, 4) is 0 Å². The first-order valence-electron chi connectivity index (χ1n) is 6.75. The molecule has 21 heavy (non-hydrogen) atoms. The molecule has 0 aliphatic heterocycles. The Balaban J connectivity index is 3.06. The molecule has 0 fully saturated rings. The fourth-order valence-corrected chi connectivity index (χ4v) is 2.53. The number of hydrogen-bond acceptors (Lipinski definition) is 4. The largest absolute Gasteiger partial charge is 0.375 e. The standard InChI is InChI=1S/C14H21Cl2N3O2/c1-9(2)5-10(8-18(3)4)17-13-6-11(15)12(16)7-14(13)19(20)21/h6-7,9-10,17H,5,8H2,1-4H3. The highest BCUT2D eigenvalue weighted by molar-refractivity contribution is 6.42. The number of nitrogens with zero attached hydrogens (tertiary/aromatic N) is 2. The van der Waals surface area contributed by atoms with Crippen molar-refractivity contribution >= 4 is 34.6 Å². The van der Waals surface area contributed by atoms with Gasteiger partial charge in [-0.15, -0.1) is 0 Å². The van der Waals surface area contributed by atoms with E-state index in [9.17, 15) is 10.1 Å². The topological polar surface area (TPSA) is 58.4 Å². The fourth-order valence-electron chi connectivity index (χ4n) is 2.21. The average molecular weight is 334 g/mol. The minimum Gasteiger partial charge on any atom is -0.375 e. The highest BCUT2D eigenvalue weighted by Crippen LogP contribution is 2.34. The van der Waals surface area contributed by atoms with Crippen LogP contribution in [0.2, 0.25) is 10.0 Å². The van der Waals surface area contributed by atoms with Gasteiger partial charge in [0, 0.05) is 18.7 Å². The molecule has 7 heteroatoms. The number of nitro benzene ring substituents is 1. The van der Waals surface area contributed by atoms with Crippen molar-refractivity contribution in [2.75, 3.05) is 26.0 Å². The van der Waals surface area contributed by atoms with Crippen LogP contribution in [0.3, 0.4) is 0 Å². The molecule has 0 saturated heterocycles. The molecule has 0 radical (unpaired) electrons. The minimum atomic E-state index is -0.452. The van der Waals surface area contributed by atoms with E-state index in [1.165, 1.54) is 12.1 Å². The van der Waals surface area contributed by atoms with Crippen LogP contribution in [0.25, 0.3) is 0 Å². The van der Waals surface area contributed by atoms with Crippen LogP contribution >= 0.6 is 23.2 Å². The molecule has 1 aromatic rings. The number of nitrogens with one attached hydrogen (secondary N) is 1. The van der Waals surface area contributed by atoms with Gasteiger partial charge in [-0.1, -0.05) is 37.0 Å². The molecule has 1 N–H and O–H groups in total. The minimum absolute atomic E-state index is 0.0584. The van der Waals surface area contributed by atoms with E-state index in [1.54, 1.807) is 0 Å². The van der Waals surface area contributed by atoms with Gasteiger partial charge in [0.05, 0.1) is 15.0 Å². The summed E-state index contributed by atoms with van der Waals surface area (Å²) in [7, 11) is 3.94. The van der Waals surface area contributed by atoms with Crippen molar-refractivity contribution in [3.63, 3.8) is 0 Å². The molecule has 5 nitrogen and oxygen atoms in total. The number of hydrogen-bond donors (Lipinski definition) is 1. The number of rotatable bonds is 7. The van der Waals surface area contributed by atoms with Gasteiger partial charge in [-0.2, -0.15) is 0 Å². The molecule has 1 aromatic carbocycles. The van der Waals surface area contributed by atoms with E-state index in [-0.39, 0.29) is 16.8 Å². The van der Waals surface area contributed by atoms with Gasteiger partial charge in [0.2, 0.25) is 0 Å². The van der Waals surface area contributed by atoms with Gasteiger partial charge in [-0.25, -0.2) is 0 Å². The highest BCUT2D eigenvalue weighted by atomic mass is 35.5. The predicted molar refractivity (Wildman–Crippen MR) is 88.5 cm³/mol. The molecule has 1 unspecified atom stereocenters. The maximum Gasteiger partial charge on any atom is 0.293 e. The van der Waals surface area contributed by atoms with Crippen LogP contribution in [0.4, 0.5) is 11.4 Å². The van der Waals surface area contributed by atoms with Gasteiger partial charge in [-0.05, 0) is 32.5 Å². The van der Waals surface area contributed by atoms with Crippen LogP contribution in [0.15, 0.2) is 12.1 Å². The van der Waals surface area contributed by atoms with Crippen LogP contribution in [-0.4, -0.2) is 36.5 Å². The third-order valence-electron chi connectivity index (χ3n) is 2.94. The molecule has 0 aromatic heterocycles. The Kier molecular flexibility index (Phi) is 6.71. The van der Waals surface area contributed by atoms with Crippen molar-refractivity contribution in [2.24, 2.45) is 5.92 Å². The Hall–Kier alpha value is -1.04. The Morgan fingerprint density at radius 3 is 2.33 bits per heavy atom. The molecular weight excluding hydrogens is 313 g/mol. The van der Waals surface area contributed by atoms with Crippen LogP contribution in [0.1, 0.15) is 20.3 Å². The quantitative estimate of drug-likeness (QED) is 0.597.